The lowest BCUT2D eigenvalue weighted by molar-refractivity contribution is -0.153. The first kappa shape index (κ1) is 10.3. The van der Waals surface area contributed by atoms with Gasteiger partial charge in [-0.2, -0.15) is 17.5 Å². The molecule has 0 aliphatic heterocycles. The standard InChI is InChI=1S/C7H8F3NOS/c1-4-5(2)11-13-6(4)12-3-7(8,9)10/h3H2,1-2H3. The molecule has 1 heterocycles. The van der Waals surface area contributed by atoms with Gasteiger partial charge in [0.15, 0.2) is 11.7 Å². The van der Waals surface area contributed by atoms with Gasteiger partial charge in [0.05, 0.1) is 5.69 Å². The Bertz CT molecular complexity index is 294. The Morgan fingerprint density at radius 2 is 2.00 bits per heavy atom. The lowest BCUT2D eigenvalue weighted by Crippen LogP contribution is -2.19. The molecule has 0 N–H and O–H groups in total. The average Bonchev–Trinajstić information content (AvgIpc) is 2.29. The lowest BCUT2D eigenvalue weighted by Gasteiger charge is -2.07. The zero-order chi connectivity index (χ0) is 10.1. The molecular weight excluding hydrogens is 203 g/mol. The quantitative estimate of drug-likeness (QED) is 0.750. The number of alkyl halides is 3. The molecule has 0 bridgehead atoms. The third kappa shape index (κ3) is 2.87. The molecule has 1 aromatic heterocycles. The monoisotopic (exact) mass is 211 g/mol. The van der Waals surface area contributed by atoms with E-state index in [0.29, 0.717) is 11.3 Å². The number of halogens is 3. The maximum Gasteiger partial charge on any atom is 0.422 e. The number of aromatic nitrogens is 1. The Hall–Kier alpha value is -0.780. The van der Waals surface area contributed by atoms with Gasteiger partial charge >= 0.3 is 6.18 Å². The Kier molecular flexibility index (Phi) is 2.80. The predicted octanol–water partition coefficient (Wildman–Crippen LogP) is 2.70. The third-order valence-corrected chi connectivity index (χ3v) is 2.44. The van der Waals surface area contributed by atoms with Crippen LogP contribution in [0.4, 0.5) is 13.2 Å². The number of hydrogen-bond acceptors (Lipinski definition) is 3. The lowest BCUT2D eigenvalue weighted by atomic mass is 10.3. The fourth-order valence-electron chi connectivity index (χ4n) is 0.677. The summed E-state index contributed by atoms with van der Waals surface area (Å²) >= 11 is 0.945. The van der Waals surface area contributed by atoms with Crippen LogP contribution >= 0.6 is 11.5 Å². The Balaban J connectivity index is 2.60. The minimum atomic E-state index is -4.29. The first-order chi connectivity index (χ1) is 5.90. The molecule has 6 heteroatoms. The molecule has 1 rings (SSSR count). The third-order valence-electron chi connectivity index (χ3n) is 1.48. The van der Waals surface area contributed by atoms with Gasteiger partial charge < -0.3 is 4.74 Å². The van der Waals surface area contributed by atoms with Crippen molar-refractivity contribution in [2.24, 2.45) is 0 Å². The van der Waals surface area contributed by atoms with Crippen molar-refractivity contribution in [1.29, 1.82) is 0 Å². The molecule has 0 unspecified atom stereocenters. The van der Waals surface area contributed by atoms with Crippen molar-refractivity contribution in [2.75, 3.05) is 6.61 Å². The van der Waals surface area contributed by atoms with E-state index in [-0.39, 0.29) is 5.06 Å². The van der Waals surface area contributed by atoms with Gasteiger partial charge in [-0.15, -0.1) is 0 Å². The second kappa shape index (κ2) is 3.53. The van der Waals surface area contributed by atoms with Crippen LogP contribution in [0.1, 0.15) is 11.3 Å². The van der Waals surface area contributed by atoms with Gasteiger partial charge in [-0.3, -0.25) is 0 Å². The fourth-order valence-corrected chi connectivity index (χ4v) is 1.43. The SMILES string of the molecule is Cc1nsc(OCC(F)(F)F)c1C. The molecule has 13 heavy (non-hydrogen) atoms. The number of rotatable bonds is 2. The molecule has 0 radical (unpaired) electrons. The summed E-state index contributed by atoms with van der Waals surface area (Å²) in [6, 6.07) is 0. The molecule has 0 atom stereocenters. The van der Waals surface area contributed by atoms with Crippen LogP contribution in [0, 0.1) is 13.8 Å². The predicted molar refractivity (Wildman–Crippen MR) is 43.1 cm³/mol. The summed E-state index contributed by atoms with van der Waals surface area (Å²) in [5, 5.41) is 0.245. The van der Waals surface area contributed by atoms with Gasteiger partial charge in [0.25, 0.3) is 0 Å². The summed E-state index contributed by atoms with van der Waals surface area (Å²) in [5.74, 6) is 0. The zero-order valence-electron chi connectivity index (χ0n) is 7.10. The molecule has 0 aliphatic carbocycles. The highest BCUT2D eigenvalue weighted by Crippen LogP contribution is 2.27. The van der Waals surface area contributed by atoms with E-state index < -0.39 is 12.8 Å². The molecule has 0 saturated carbocycles. The van der Waals surface area contributed by atoms with Crippen molar-refractivity contribution in [1.82, 2.24) is 4.37 Å². The van der Waals surface area contributed by atoms with E-state index in [1.54, 1.807) is 13.8 Å². The number of nitrogens with zero attached hydrogens (tertiary/aromatic N) is 1. The molecule has 0 aromatic carbocycles. The van der Waals surface area contributed by atoms with Crippen LogP contribution in [-0.2, 0) is 0 Å². The first-order valence-corrected chi connectivity index (χ1v) is 4.30. The van der Waals surface area contributed by atoms with E-state index in [9.17, 15) is 13.2 Å². The van der Waals surface area contributed by atoms with Gasteiger partial charge in [0.1, 0.15) is 0 Å². The maximum absolute atomic E-state index is 11.7. The molecule has 0 aliphatic rings. The van der Waals surface area contributed by atoms with Crippen LogP contribution in [0.2, 0.25) is 0 Å². The summed E-state index contributed by atoms with van der Waals surface area (Å²) in [6.07, 6.45) is -4.29. The molecule has 0 saturated heterocycles. The largest absolute Gasteiger partial charge is 0.473 e. The number of aryl methyl sites for hydroxylation is 1. The second-order valence-corrected chi connectivity index (χ2v) is 3.32. The van der Waals surface area contributed by atoms with Crippen LogP contribution in [-0.4, -0.2) is 17.2 Å². The average molecular weight is 211 g/mol. The molecule has 1 aromatic rings. The second-order valence-electron chi connectivity index (χ2n) is 2.58. The van der Waals surface area contributed by atoms with Gasteiger partial charge in [-0.25, -0.2) is 0 Å². The molecule has 74 valence electrons. The van der Waals surface area contributed by atoms with Gasteiger partial charge in [0.2, 0.25) is 0 Å². The Morgan fingerprint density at radius 1 is 1.38 bits per heavy atom. The minimum absolute atomic E-state index is 0.245. The van der Waals surface area contributed by atoms with E-state index in [1.165, 1.54) is 0 Å². The van der Waals surface area contributed by atoms with Crippen molar-refractivity contribution in [2.45, 2.75) is 20.0 Å². The highest BCUT2D eigenvalue weighted by Gasteiger charge is 2.29. The van der Waals surface area contributed by atoms with Crippen LogP contribution in [0.15, 0.2) is 0 Å². The van der Waals surface area contributed by atoms with Gasteiger partial charge in [-0.1, -0.05) is 0 Å². The fraction of sp³-hybridized carbons (Fsp3) is 0.571. The summed E-state index contributed by atoms with van der Waals surface area (Å²) < 4.78 is 43.6. The number of ether oxygens (including phenoxy) is 1. The molecule has 0 spiro atoms. The van der Waals surface area contributed by atoms with E-state index in [0.717, 1.165) is 11.5 Å². The molecule has 0 fully saturated rings. The van der Waals surface area contributed by atoms with E-state index in [4.69, 9.17) is 0 Å². The van der Waals surface area contributed by atoms with Crippen LogP contribution in [0.25, 0.3) is 0 Å². The Labute approximate surface area is 77.5 Å². The van der Waals surface area contributed by atoms with Crippen molar-refractivity contribution in [3.63, 3.8) is 0 Å². The van der Waals surface area contributed by atoms with E-state index in [1.807, 2.05) is 0 Å². The highest BCUT2D eigenvalue weighted by atomic mass is 32.1. The van der Waals surface area contributed by atoms with Gasteiger partial charge in [-0.05, 0) is 13.8 Å². The van der Waals surface area contributed by atoms with Crippen molar-refractivity contribution < 1.29 is 17.9 Å². The van der Waals surface area contributed by atoms with Crippen molar-refractivity contribution >= 4 is 11.5 Å². The van der Waals surface area contributed by atoms with Crippen molar-refractivity contribution in [3.05, 3.63) is 11.3 Å². The first-order valence-electron chi connectivity index (χ1n) is 3.52. The summed E-state index contributed by atoms with van der Waals surface area (Å²) in [7, 11) is 0. The van der Waals surface area contributed by atoms with Gasteiger partial charge in [0, 0.05) is 17.1 Å². The number of hydrogen-bond donors (Lipinski definition) is 0. The van der Waals surface area contributed by atoms with E-state index in [2.05, 4.69) is 9.11 Å². The van der Waals surface area contributed by atoms with E-state index >= 15 is 0 Å². The maximum atomic E-state index is 11.7. The normalized spacial score (nSPS) is 11.8. The van der Waals surface area contributed by atoms with Crippen LogP contribution < -0.4 is 4.74 Å². The topological polar surface area (TPSA) is 22.1 Å². The molecule has 0 amide bonds. The summed E-state index contributed by atoms with van der Waals surface area (Å²) in [4.78, 5) is 0. The molecule has 2 nitrogen and oxygen atoms in total. The molecular formula is C7H8F3NOS. The highest BCUT2D eigenvalue weighted by molar-refractivity contribution is 7.08. The summed E-state index contributed by atoms with van der Waals surface area (Å²) in [6.45, 7) is 2.16. The minimum Gasteiger partial charge on any atom is -0.473 e. The zero-order valence-corrected chi connectivity index (χ0v) is 7.92. The summed E-state index contributed by atoms with van der Waals surface area (Å²) in [5.41, 5.74) is 1.39. The van der Waals surface area contributed by atoms with Crippen LogP contribution in [0.5, 0.6) is 5.06 Å². The smallest absolute Gasteiger partial charge is 0.422 e. The van der Waals surface area contributed by atoms with Crippen molar-refractivity contribution in [3.8, 4) is 5.06 Å². The Morgan fingerprint density at radius 3 is 2.38 bits per heavy atom. The van der Waals surface area contributed by atoms with Crippen LogP contribution in [0.3, 0.4) is 0 Å².